The van der Waals surface area contributed by atoms with Gasteiger partial charge in [0.05, 0.1) is 23.4 Å². The lowest BCUT2D eigenvalue weighted by Crippen LogP contribution is -2.15. The highest BCUT2D eigenvalue weighted by atomic mass is 35.5. The molecular weight excluding hydrogens is 438 g/mol. The van der Waals surface area contributed by atoms with Gasteiger partial charge in [-0.15, -0.1) is 0 Å². The molecule has 6 nitrogen and oxygen atoms in total. The number of halogens is 3. The minimum Gasteiger partial charge on any atom is -0.464 e. The van der Waals surface area contributed by atoms with Crippen LogP contribution in [0, 0.1) is 11.6 Å². The second kappa shape index (κ2) is 9.74. The second-order valence-electron chi connectivity index (χ2n) is 6.99. The molecule has 3 aromatic rings. The number of rotatable bonds is 7. The summed E-state index contributed by atoms with van der Waals surface area (Å²) in [6, 6.07) is 8.87. The highest BCUT2D eigenvalue weighted by molar-refractivity contribution is 6.33. The van der Waals surface area contributed by atoms with Crippen LogP contribution in [-0.2, 0) is 11.3 Å². The monoisotopic (exact) mass is 458 g/mol. The average Bonchev–Trinajstić information content (AvgIpc) is 2.77. The van der Waals surface area contributed by atoms with Crippen LogP contribution < -0.4 is 10.2 Å². The third kappa shape index (κ3) is 4.70. The van der Waals surface area contributed by atoms with Crippen molar-refractivity contribution in [3.8, 4) is 11.4 Å². The van der Waals surface area contributed by atoms with Crippen LogP contribution in [0.15, 0.2) is 43.0 Å². The standard InChI is InChI=1S/C23H21ClF2N4O2/c1-5-15-19(23(31)32-4)28-22(16-10-11-17(24)20(18(16)26)30(2)3)29-21(15)27-12-13-6-8-14(25)9-7-13/h5-11H,1,12H2,2-4H3,(H,27,28,29). The fourth-order valence-electron chi connectivity index (χ4n) is 3.08. The van der Waals surface area contributed by atoms with Gasteiger partial charge in [0.2, 0.25) is 0 Å². The number of nitrogens with one attached hydrogen (secondary N) is 1. The van der Waals surface area contributed by atoms with Gasteiger partial charge in [0, 0.05) is 26.2 Å². The lowest BCUT2D eigenvalue weighted by molar-refractivity contribution is 0.0593. The van der Waals surface area contributed by atoms with Crippen LogP contribution in [0.5, 0.6) is 0 Å². The summed E-state index contributed by atoms with van der Waals surface area (Å²) in [4.78, 5) is 22.6. The van der Waals surface area contributed by atoms with Crippen LogP contribution in [0.2, 0.25) is 5.02 Å². The highest BCUT2D eigenvalue weighted by Gasteiger charge is 2.23. The summed E-state index contributed by atoms with van der Waals surface area (Å²) < 4.78 is 33.3. The van der Waals surface area contributed by atoms with Gasteiger partial charge in [0.15, 0.2) is 17.3 Å². The summed E-state index contributed by atoms with van der Waals surface area (Å²) in [6.07, 6.45) is 1.41. The van der Waals surface area contributed by atoms with E-state index in [1.54, 1.807) is 26.2 Å². The molecule has 166 valence electrons. The van der Waals surface area contributed by atoms with Crippen molar-refractivity contribution >= 4 is 35.2 Å². The molecule has 1 aromatic heterocycles. The molecule has 2 aromatic carbocycles. The SMILES string of the molecule is C=Cc1c(NCc2ccc(F)cc2)nc(-c2ccc(Cl)c(N(C)C)c2F)nc1C(=O)OC. The van der Waals surface area contributed by atoms with Crippen molar-refractivity contribution in [2.45, 2.75) is 6.54 Å². The highest BCUT2D eigenvalue weighted by Crippen LogP contribution is 2.35. The molecule has 0 unspecified atom stereocenters. The fourth-order valence-corrected chi connectivity index (χ4v) is 3.40. The van der Waals surface area contributed by atoms with Crippen LogP contribution in [0.25, 0.3) is 17.5 Å². The van der Waals surface area contributed by atoms with Gasteiger partial charge in [-0.25, -0.2) is 23.5 Å². The van der Waals surface area contributed by atoms with Gasteiger partial charge in [-0.2, -0.15) is 0 Å². The molecule has 0 spiro atoms. The third-order valence-electron chi connectivity index (χ3n) is 4.66. The van der Waals surface area contributed by atoms with Gasteiger partial charge in [0.1, 0.15) is 11.6 Å². The van der Waals surface area contributed by atoms with Gasteiger partial charge in [0.25, 0.3) is 0 Å². The van der Waals surface area contributed by atoms with E-state index in [1.165, 1.54) is 42.4 Å². The second-order valence-corrected chi connectivity index (χ2v) is 7.39. The molecule has 3 rings (SSSR count). The molecule has 0 saturated heterocycles. The quantitative estimate of drug-likeness (QED) is 0.492. The van der Waals surface area contributed by atoms with E-state index in [0.717, 1.165) is 5.56 Å². The van der Waals surface area contributed by atoms with Crippen molar-refractivity contribution in [2.75, 3.05) is 31.4 Å². The number of anilines is 2. The fraction of sp³-hybridized carbons (Fsp3) is 0.174. The van der Waals surface area contributed by atoms with E-state index >= 15 is 4.39 Å². The molecule has 9 heteroatoms. The van der Waals surface area contributed by atoms with Crippen molar-refractivity contribution in [1.29, 1.82) is 0 Å². The minimum atomic E-state index is -0.726. The number of aromatic nitrogens is 2. The van der Waals surface area contributed by atoms with E-state index in [1.807, 2.05) is 0 Å². The first-order chi connectivity index (χ1) is 15.3. The molecular formula is C23H21ClF2N4O2. The maximum absolute atomic E-state index is 15.3. The minimum absolute atomic E-state index is 0.0325. The topological polar surface area (TPSA) is 67.4 Å². The molecule has 32 heavy (non-hydrogen) atoms. The molecule has 0 saturated carbocycles. The number of hydrogen-bond donors (Lipinski definition) is 1. The van der Waals surface area contributed by atoms with E-state index < -0.39 is 11.8 Å². The van der Waals surface area contributed by atoms with Crippen LogP contribution in [0.3, 0.4) is 0 Å². The largest absolute Gasteiger partial charge is 0.464 e. The molecule has 0 atom stereocenters. The van der Waals surface area contributed by atoms with Crippen molar-refractivity contribution in [1.82, 2.24) is 9.97 Å². The first kappa shape index (κ1) is 23.1. The summed E-state index contributed by atoms with van der Waals surface area (Å²) in [7, 11) is 4.53. The summed E-state index contributed by atoms with van der Waals surface area (Å²) >= 11 is 6.15. The Balaban J connectivity index is 2.14. The van der Waals surface area contributed by atoms with E-state index in [4.69, 9.17) is 16.3 Å². The Hall–Kier alpha value is -3.52. The van der Waals surface area contributed by atoms with Crippen LogP contribution in [-0.4, -0.2) is 37.1 Å². The van der Waals surface area contributed by atoms with Crippen LogP contribution >= 0.6 is 11.6 Å². The van der Waals surface area contributed by atoms with E-state index in [9.17, 15) is 9.18 Å². The van der Waals surface area contributed by atoms with E-state index in [2.05, 4.69) is 21.9 Å². The van der Waals surface area contributed by atoms with E-state index in [0.29, 0.717) is 5.56 Å². The number of esters is 1. The molecule has 0 aliphatic rings. The lowest BCUT2D eigenvalue weighted by atomic mass is 10.1. The summed E-state index contributed by atoms with van der Waals surface area (Å²) in [5.41, 5.74) is 1.22. The zero-order chi connectivity index (χ0) is 23.4. The smallest absolute Gasteiger partial charge is 0.357 e. The molecule has 1 N–H and O–H groups in total. The Morgan fingerprint density at radius 1 is 1.19 bits per heavy atom. The molecule has 0 fully saturated rings. The predicted octanol–water partition coefficient (Wildman–Crippen LogP) is 5.18. The normalized spacial score (nSPS) is 10.6. The van der Waals surface area contributed by atoms with Gasteiger partial charge < -0.3 is 15.0 Å². The number of carbonyl (C=O) groups is 1. The number of methoxy groups -OCH3 is 1. The van der Waals surface area contributed by atoms with Crippen molar-refractivity contribution in [3.05, 3.63) is 76.5 Å². The molecule has 0 bridgehead atoms. The molecule has 0 amide bonds. The van der Waals surface area contributed by atoms with Gasteiger partial charge in [-0.1, -0.05) is 36.4 Å². The number of benzene rings is 2. The van der Waals surface area contributed by atoms with Crippen LogP contribution in [0.1, 0.15) is 21.6 Å². The Kier molecular flexibility index (Phi) is 7.05. The molecule has 1 heterocycles. The summed E-state index contributed by atoms with van der Waals surface area (Å²) in [6.45, 7) is 4.00. The van der Waals surface area contributed by atoms with Gasteiger partial charge >= 0.3 is 5.97 Å². The molecule has 0 aliphatic heterocycles. The van der Waals surface area contributed by atoms with Crippen molar-refractivity contribution in [2.24, 2.45) is 0 Å². The third-order valence-corrected chi connectivity index (χ3v) is 4.96. The zero-order valence-corrected chi connectivity index (χ0v) is 18.5. The first-order valence-electron chi connectivity index (χ1n) is 9.53. The Bertz CT molecular complexity index is 1170. The summed E-state index contributed by atoms with van der Waals surface area (Å²) in [5.74, 6) is -1.50. The number of hydrogen-bond acceptors (Lipinski definition) is 6. The number of nitrogens with zero attached hydrogens (tertiary/aromatic N) is 3. The maximum Gasteiger partial charge on any atom is 0.357 e. The lowest BCUT2D eigenvalue weighted by Gasteiger charge is -2.18. The Morgan fingerprint density at radius 3 is 2.47 bits per heavy atom. The zero-order valence-electron chi connectivity index (χ0n) is 17.7. The average molecular weight is 459 g/mol. The number of carbonyl (C=O) groups excluding carboxylic acids is 1. The maximum atomic E-state index is 15.3. The first-order valence-corrected chi connectivity index (χ1v) is 9.91. The molecule has 0 radical (unpaired) electrons. The van der Waals surface area contributed by atoms with Crippen molar-refractivity contribution < 1.29 is 18.3 Å². The molecule has 0 aliphatic carbocycles. The van der Waals surface area contributed by atoms with Gasteiger partial charge in [-0.3, -0.25) is 0 Å². The Labute approximate surface area is 189 Å². The van der Waals surface area contributed by atoms with E-state index in [-0.39, 0.29) is 46.0 Å². The summed E-state index contributed by atoms with van der Waals surface area (Å²) in [5, 5.41) is 3.31. The van der Waals surface area contributed by atoms with Gasteiger partial charge in [-0.05, 0) is 29.8 Å². The van der Waals surface area contributed by atoms with Crippen molar-refractivity contribution in [3.63, 3.8) is 0 Å². The Morgan fingerprint density at radius 2 is 1.88 bits per heavy atom. The number of ether oxygens (including phenoxy) is 1. The van der Waals surface area contributed by atoms with Crippen LogP contribution in [0.4, 0.5) is 20.3 Å². The predicted molar refractivity (Wildman–Crippen MR) is 122 cm³/mol.